The quantitative estimate of drug-likeness (QED) is 0.333. The maximum Gasteiger partial charge on any atom is 0.349 e. The summed E-state index contributed by atoms with van der Waals surface area (Å²) in [4.78, 5) is 38.8. The van der Waals surface area contributed by atoms with Gasteiger partial charge in [-0.2, -0.15) is 0 Å². The van der Waals surface area contributed by atoms with Crippen LogP contribution in [0.5, 0.6) is 11.5 Å². The molecule has 1 N–H and O–H groups in total. The summed E-state index contributed by atoms with van der Waals surface area (Å²) in [6.07, 6.45) is 0.505. The molecule has 2 aromatic carbocycles. The minimum atomic E-state index is -0.760. The van der Waals surface area contributed by atoms with Gasteiger partial charge in [-0.3, -0.25) is 4.79 Å². The van der Waals surface area contributed by atoms with Crippen LogP contribution in [0.2, 0.25) is 0 Å². The number of methoxy groups -OCH3 is 1. The Hall–Kier alpha value is -4.11. The molecular formula is C25H19NO7S. The van der Waals surface area contributed by atoms with Gasteiger partial charge in [-0.1, -0.05) is 24.3 Å². The molecule has 1 amide bonds. The summed E-state index contributed by atoms with van der Waals surface area (Å²) < 4.78 is 21.0. The fraction of sp³-hybridized carbons (Fsp3) is 0.160. The van der Waals surface area contributed by atoms with Gasteiger partial charge in [-0.15, -0.1) is 11.3 Å². The summed E-state index contributed by atoms with van der Waals surface area (Å²) in [6, 6.07) is 14.0. The van der Waals surface area contributed by atoms with E-state index in [0.717, 1.165) is 10.4 Å². The minimum Gasteiger partial charge on any atom is -0.465 e. The van der Waals surface area contributed by atoms with Crippen molar-refractivity contribution in [2.24, 2.45) is 0 Å². The number of thiophene rings is 1. The first kappa shape index (κ1) is 21.7. The summed E-state index contributed by atoms with van der Waals surface area (Å²) in [7, 11) is 1.28. The standard InChI is InChI=1S/C25H19NO7S/c1-13-20(10-14-7-8-18-19(9-14)32-12-31-18)34-23(21(13)25(29)30-2)26-22(27)16-11-15-5-3-4-6-17(15)33-24(16)28/h3-9,11H,10,12H2,1-2H3,(H,26,27). The number of esters is 1. The lowest BCUT2D eigenvalue weighted by Gasteiger charge is -2.06. The molecule has 0 unspecified atom stereocenters. The first-order chi connectivity index (χ1) is 16.4. The zero-order chi connectivity index (χ0) is 23.8. The highest BCUT2D eigenvalue weighted by Crippen LogP contribution is 2.38. The third-order valence-electron chi connectivity index (χ3n) is 5.55. The lowest BCUT2D eigenvalue weighted by molar-refractivity contribution is 0.0601. The molecule has 0 saturated heterocycles. The summed E-state index contributed by atoms with van der Waals surface area (Å²) in [6.45, 7) is 1.98. The highest BCUT2D eigenvalue weighted by atomic mass is 32.1. The molecule has 5 rings (SSSR count). The number of benzene rings is 2. The zero-order valence-corrected chi connectivity index (χ0v) is 19.1. The van der Waals surface area contributed by atoms with Crippen LogP contribution in [0.15, 0.2) is 57.7 Å². The molecule has 34 heavy (non-hydrogen) atoms. The van der Waals surface area contributed by atoms with Crippen LogP contribution in [0.25, 0.3) is 11.0 Å². The minimum absolute atomic E-state index is 0.155. The molecule has 172 valence electrons. The second kappa shape index (κ2) is 8.68. The van der Waals surface area contributed by atoms with Gasteiger partial charge in [0.1, 0.15) is 16.1 Å². The Labute approximate surface area is 197 Å². The predicted octanol–water partition coefficient (Wildman–Crippen LogP) is 4.52. The molecule has 9 heteroatoms. The Balaban J connectivity index is 1.48. The van der Waals surface area contributed by atoms with Crippen molar-refractivity contribution in [1.82, 2.24) is 0 Å². The van der Waals surface area contributed by atoms with Gasteiger partial charge in [0, 0.05) is 16.7 Å². The molecule has 0 radical (unpaired) electrons. The van der Waals surface area contributed by atoms with Crippen LogP contribution >= 0.6 is 11.3 Å². The molecule has 2 aromatic heterocycles. The number of carbonyl (C=O) groups is 2. The number of fused-ring (bicyclic) bond motifs is 2. The van der Waals surface area contributed by atoms with Gasteiger partial charge in [0.2, 0.25) is 6.79 Å². The lowest BCUT2D eigenvalue weighted by atomic mass is 10.1. The van der Waals surface area contributed by atoms with Gasteiger partial charge in [-0.05, 0) is 42.3 Å². The maximum atomic E-state index is 13.0. The SMILES string of the molecule is COC(=O)c1c(NC(=O)c2cc3ccccc3oc2=O)sc(Cc2ccc3c(c2)OCO3)c1C. The van der Waals surface area contributed by atoms with E-state index in [0.29, 0.717) is 39.5 Å². The zero-order valence-electron chi connectivity index (χ0n) is 18.3. The topological polar surface area (TPSA) is 104 Å². The van der Waals surface area contributed by atoms with Gasteiger partial charge in [0.15, 0.2) is 11.5 Å². The van der Waals surface area contributed by atoms with Crippen molar-refractivity contribution in [3.8, 4) is 11.5 Å². The van der Waals surface area contributed by atoms with E-state index in [1.54, 1.807) is 31.2 Å². The maximum absolute atomic E-state index is 13.0. The lowest BCUT2D eigenvalue weighted by Crippen LogP contribution is -2.21. The normalized spacial score (nSPS) is 12.1. The van der Waals surface area contributed by atoms with Gasteiger partial charge in [-0.25, -0.2) is 9.59 Å². The van der Waals surface area contributed by atoms with Gasteiger partial charge in [0.25, 0.3) is 5.91 Å². The van der Waals surface area contributed by atoms with Crippen molar-refractivity contribution in [3.05, 3.63) is 86.1 Å². The first-order valence-corrected chi connectivity index (χ1v) is 11.2. The summed E-state index contributed by atoms with van der Waals surface area (Å²) in [5.74, 6) is 0.104. The van der Waals surface area contributed by atoms with Crippen LogP contribution in [0.1, 0.15) is 36.7 Å². The van der Waals surface area contributed by atoms with Crippen molar-refractivity contribution < 1.29 is 28.2 Å². The second-order valence-electron chi connectivity index (χ2n) is 7.65. The average molecular weight is 477 g/mol. The smallest absolute Gasteiger partial charge is 0.349 e. The molecule has 1 aliphatic heterocycles. The number of para-hydroxylation sites is 1. The van der Waals surface area contributed by atoms with E-state index in [9.17, 15) is 14.4 Å². The third kappa shape index (κ3) is 3.90. The summed E-state index contributed by atoms with van der Waals surface area (Å²) >= 11 is 1.25. The van der Waals surface area contributed by atoms with Crippen molar-refractivity contribution in [2.45, 2.75) is 13.3 Å². The van der Waals surface area contributed by atoms with E-state index < -0.39 is 17.5 Å². The Kier molecular flexibility index (Phi) is 5.54. The van der Waals surface area contributed by atoms with E-state index in [4.69, 9.17) is 18.6 Å². The van der Waals surface area contributed by atoms with Crippen molar-refractivity contribution in [2.75, 3.05) is 19.2 Å². The third-order valence-corrected chi connectivity index (χ3v) is 6.76. The van der Waals surface area contributed by atoms with E-state index in [1.165, 1.54) is 24.5 Å². The largest absolute Gasteiger partial charge is 0.465 e. The number of rotatable bonds is 5. The molecule has 0 saturated carbocycles. The average Bonchev–Trinajstić information content (AvgIpc) is 3.42. The predicted molar refractivity (Wildman–Crippen MR) is 126 cm³/mol. The van der Waals surface area contributed by atoms with Crippen LogP contribution < -0.4 is 20.4 Å². The van der Waals surface area contributed by atoms with E-state index in [1.807, 2.05) is 18.2 Å². The monoisotopic (exact) mass is 477 g/mol. The van der Waals surface area contributed by atoms with E-state index in [2.05, 4.69) is 5.32 Å². The Morgan fingerprint density at radius 3 is 2.71 bits per heavy atom. The number of anilines is 1. The fourth-order valence-electron chi connectivity index (χ4n) is 3.79. The van der Waals surface area contributed by atoms with Crippen molar-refractivity contribution >= 4 is 39.2 Å². The van der Waals surface area contributed by atoms with Crippen molar-refractivity contribution in [3.63, 3.8) is 0 Å². The Morgan fingerprint density at radius 1 is 1.09 bits per heavy atom. The van der Waals surface area contributed by atoms with Crippen LogP contribution in [-0.4, -0.2) is 25.8 Å². The van der Waals surface area contributed by atoms with Crippen molar-refractivity contribution in [1.29, 1.82) is 0 Å². The number of ether oxygens (including phenoxy) is 3. The molecule has 0 bridgehead atoms. The molecule has 8 nitrogen and oxygen atoms in total. The van der Waals surface area contributed by atoms with Crippen LogP contribution in [0, 0.1) is 6.92 Å². The molecule has 3 heterocycles. The number of hydrogen-bond donors (Lipinski definition) is 1. The van der Waals surface area contributed by atoms with Crippen LogP contribution in [0.4, 0.5) is 5.00 Å². The number of carbonyl (C=O) groups excluding carboxylic acids is 2. The molecule has 0 aliphatic carbocycles. The molecular weight excluding hydrogens is 458 g/mol. The Bertz CT molecular complexity index is 1500. The van der Waals surface area contributed by atoms with E-state index >= 15 is 0 Å². The molecule has 1 aliphatic rings. The van der Waals surface area contributed by atoms with Gasteiger partial charge >= 0.3 is 11.6 Å². The highest BCUT2D eigenvalue weighted by Gasteiger charge is 2.25. The van der Waals surface area contributed by atoms with Crippen LogP contribution in [-0.2, 0) is 11.2 Å². The Morgan fingerprint density at radius 2 is 1.88 bits per heavy atom. The van der Waals surface area contributed by atoms with Gasteiger partial charge < -0.3 is 23.9 Å². The number of hydrogen-bond acceptors (Lipinski definition) is 8. The molecule has 0 fully saturated rings. The van der Waals surface area contributed by atoms with Gasteiger partial charge in [0.05, 0.1) is 12.7 Å². The molecule has 0 atom stereocenters. The summed E-state index contributed by atoms with van der Waals surface area (Å²) in [5.41, 5.74) is 1.37. The number of amides is 1. The fourth-order valence-corrected chi connectivity index (χ4v) is 5.01. The first-order valence-electron chi connectivity index (χ1n) is 10.4. The summed E-state index contributed by atoms with van der Waals surface area (Å²) in [5, 5.41) is 3.63. The molecule has 0 spiro atoms. The molecule has 4 aromatic rings. The highest BCUT2D eigenvalue weighted by molar-refractivity contribution is 7.17. The second-order valence-corrected chi connectivity index (χ2v) is 8.75. The van der Waals surface area contributed by atoms with E-state index in [-0.39, 0.29) is 17.9 Å². The number of nitrogens with one attached hydrogen (secondary N) is 1. The van der Waals surface area contributed by atoms with Crippen LogP contribution in [0.3, 0.4) is 0 Å².